The molecule has 0 unspecified atom stereocenters. The molecular formula is C44H82. The van der Waals surface area contributed by atoms with Crippen LogP contribution in [0.2, 0.25) is 0 Å². The Morgan fingerprint density at radius 2 is 0.500 bits per heavy atom. The van der Waals surface area contributed by atoms with Crippen LogP contribution in [0.25, 0.3) is 0 Å². The first-order chi connectivity index (χ1) is 21.4. The molecule has 0 spiro atoms. The average Bonchev–Trinajstić information content (AvgIpc) is 3.09. The minimum Gasteiger partial charge on any atom is -0.106 e. The van der Waals surface area contributed by atoms with E-state index in [9.17, 15) is 0 Å². The highest BCUT2D eigenvalue weighted by Crippen LogP contribution is 2.26. The SMILES string of the molecule is C=C.C=C.C=C.C=C.C=C1CCC(C)CC1.C=C1CCCCC1.C=C1CCCCC1.CC1CCCCC1.CC1CCCCC1. The van der Waals surface area contributed by atoms with Gasteiger partial charge in [-0.3, -0.25) is 0 Å². The molecule has 5 saturated carbocycles. The highest BCUT2D eigenvalue weighted by atomic mass is 14.2. The molecule has 0 bridgehead atoms. The molecular weight excluding hydrogens is 528 g/mol. The zero-order chi connectivity index (χ0) is 34.4. The van der Waals surface area contributed by atoms with Gasteiger partial charge in [0, 0.05) is 0 Å². The third-order valence-electron chi connectivity index (χ3n) is 8.89. The molecule has 0 N–H and O–H groups in total. The molecule has 0 atom stereocenters. The van der Waals surface area contributed by atoms with Crippen LogP contribution in [0, 0.1) is 17.8 Å². The highest BCUT2D eigenvalue weighted by molar-refractivity contribution is 4.97. The number of hydrogen-bond acceptors (Lipinski definition) is 0. The molecule has 0 aliphatic heterocycles. The van der Waals surface area contributed by atoms with Gasteiger partial charge in [0.05, 0.1) is 0 Å². The lowest BCUT2D eigenvalue weighted by molar-refractivity contribution is 0.385. The average molecular weight is 611 g/mol. The molecule has 5 aliphatic rings. The summed E-state index contributed by atoms with van der Waals surface area (Å²) in [6.07, 6.45) is 33.8. The molecule has 0 radical (unpaired) electrons. The molecule has 0 amide bonds. The lowest BCUT2D eigenvalue weighted by Gasteiger charge is -2.18. The van der Waals surface area contributed by atoms with Crippen molar-refractivity contribution in [2.45, 2.75) is 175 Å². The minimum absolute atomic E-state index is 0.959. The standard InChI is InChI=1S/C8H14.2C7H14.2C7H12.4C2H4/c1-7-3-5-8(2)6-4-7;4*1-7-5-3-2-4-6-7;4*1-2/h8H,1,3-6H2,2H3;2*7H,2-6H2,1H3;2*1-6H2;4*1-2H2. The molecule has 258 valence electrons. The van der Waals surface area contributed by atoms with E-state index in [4.69, 9.17) is 0 Å². The van der Waals surface area contributed by atoms with Crippen LogP contribution in [0.15, 0.2) is 89.1 Å². The van der Waals surface area contributed by atoms with Crippen LogP contribution in [-0.4, -0.2) is 0 Å². The van der Waals surface area contributed by atoms with Crippen LogP contribution in [-0.2, 0) is 0 Å². The van der Waals surface area contributed by atoms with Crippen LogP contribution in [0.1, 0.15) is 175 Å². The van der Waals surface area contributed by atoms with Crippen LogP contribution < -0.4 is 0 Å². The Bertz CT molecular complexity index is 540. The molecule has 0 nitrogen and oxygen atoms in total. The Labute approximate surface area is 281 Å². The molecule has 5 fully saturated rings. The van der Waals surface area contributed by atoms with Gasteiger partial charge in [0.2, 0.25) is 0 Å². The second-order valence-corrected chi connectivity index (χ2v) is 13.0. The quantitative estimate of drug-likeness (QED) is 0.239. The van der Waals surface area contributed by atoms with Crippen LogP contribution in [0.3, 0.4) is 0 Å². The number of allylic oxidation sites excluding steroid dienone is 3. The normalized spacial score (nSPS) is 19.9. The maximum Gasteiger partial charge on any atom is -0.0320 e. The van der Waals surface area contributed by atoms with Crippen molar-refractivity contribution in [3.8, 4) is 0 Å². The van der Waals surface area contributed by atoms with E-state index in [-0.39, 0.29) is 0 Å². The Morgan fingerprint density at radius 3 is 0.659 bits per heavy atom. The largest absolute Gasteiger partial charge is 0.106 e. The molecule has 0 aromatic heterocycles. The van der Waals surface area contributed by atoms with Crippen LogP contribution in [0.4, 0.5) is 0 Å². The van der Waals surface area contributed by atoms with Crippen molar-refractivity contribution in [2.75, 3.05) is 0 Å². The van der Waals surface area contributed by atoms with Gasteiger partial charge in [-0.1, -0.05) is 134 Å². The Kier molecular flexibility index (Phi) is 45.9. The monoisotopic (exact) mass is 611 g/mol. The lowest BCUT2D eigenvalue weighted by atomic mass is 9.88. The zero-order valence-electron chi connectivity index (χ0n) is 31.0. The van der Waals surface area contributed by atoms with Gasteiger partial charge in [-0.2, -0.15) is 0 Å². The van der Waals surface area contributed by atoms with Gasteiger partial charge in [0.15, 0.2) is 0 Å². The van der Waals surface area contributed by atoms with E-state index < -0.39 is 0 Å². The summed E-state index contributed by atoms with van der Waals surface area (Å²) in [5, 5.41) is 0. The third kappa shape index (κ3) is 38.2. The summed E-state index contributed by atoms with van der Waals surface area (Å²) in [6, 6.07) is 0. The fraction of sp³-hybridized carbons (Fsp3) is 0.682. The number of rotatable bonds is 0. The van der Waals surface area contributed by atoms with Gasteiger partial charge in [-0.15, -0.1) is 52.6 Å². The molecule has 44 heavy (non-hydrogen) atoms. The smallest absolute Gasteiger partial charge is 0.0320 e. The third-order valence-corrected chi connectivity index (χ3v) is 8.89. The Morgan fingerprint density at radius 1 is 0.295 bits per heavy atom. The molecule has 0 heterocycles. The topological polar surface area (TPSA) is 0 Å². The zero-order valence-corrected chi connectivity index (χ0v) is 31.0. The summed E-state index contributed by atoms with van der Waals surface area (Å²) in [5.74, 6) is 3.03. The van der Waals surface area contributed by atoms with E-state index in [0.29, 0.717) is 0 Å². The molecule has 0 saturated heterocycles. The molecule has 0 aromatic carbocycles. The fourth-order valence-electron chi connectivity index (χ4n) is 5.89. The van der Waals surface area contributed by atoms with Gasteiger partial charge in [-0.05, 0) is 94.8 Å². The molecule has 0 aromatic rings. The molecule has 0 heteroatoms. The summed E-state index contributed by atoms with van der Waals surface area (Å²) in [7, 11) is 0. The first kappa shape index (κ1) is 49.1. The molecule has 5 rings (SSSR count). The molecule has 5 aliphatic carbocycles. The van der Waals surface area contributed by atoms with Crippen molar-refractivity contribution in [3.63, 3.8) is 0 Å². The van der Waals surface area contributed by atoms with Gasteiger partial charge in [0.1, 0.15) is 0 Å². The van der Waals surface area contributed by atoms with E-state index in [1.807, 2.05) is 0 Å². The van der Waals surface area contributed by atoms with E-state index in [1.165, 1.54) is 171 Å². The Hall–Kier alpha value is -1.82. The van der Waals surface area contributed by atoms with E-state index in [0.717, 1.165) is 17.8 Å². The van der Waals surface area contributed by atoms with Crippen molar-refractivity contribution in [3.05, 3.63) is 89.1 Å². The summed E-state index contributed by atoms with van der Waals surface area (Å²) >= 11 is 0. The highest BCUT2D eigenvalue weighted by Gasteiger charge is 2.09. The van der Waals surface area contributed by atoms with Crippen molar-refractivity contribution in [1.29, 1.82) is 0 Å². The second-order valence-electron chi connectivity index (χ2n) is 13.0. The summed E-state index contributed by atoms with van der Waals surface area (Å²) in [6.45, 7) is 42.8. The van der Waals surface area contributed by atoms with E-state index >= 15 is 0 Å². The summed E-state index contributed by atoms with van der Waals surface area (Å²) in [5.41, 5.74) is 4.39. The van der Waals surface area contributed by atoms with Gasteiger partial charge < -0.3 is 0 Å². The summed E-state index contributed by atoms with van der Waals surface area (Å²) < 4.78 is 0. The Balaban J connectivity index is -0.000000215. The lowest BCUT2D eigenvalue weighted by Crippen LogP contribution is -2.02. The van der Waals surface area contributed by atoms with Crippen LogP contribution in [0.5, 0.6) is 0 Å². The first-order valence-electron chi connectivity index (χ1n) is 18.4. The van der Waals surface area contributed by atoms with Gasteiger partial charge in [-0.25, -0.2) is 0 Å². The minimum atomic E-state index is 0.959. The summed E-state index contributed by atoms with van der Waals surface area (Å²) in [4.78, 5) is 0. The maximum atomic E-state index is 3.95. The van der Waals surface area contributed by atoms with Gasteiger partial charge in [0.25, 0.3) is 0 Å². The van der Waals surface area contributed by atoms with Crippen molar-refractivity contribution in [1.82, 2.24) is 0 Å². The van der Waals surface area contributed by atoms with Crippen LogP contribution >= 0.6 is 0 Å². The second kappa shape index (κ2) is 41.2. The predicted octanol–water partition coefficient (Wildman–Crippen LogP) is 16.1. The van der Waals surface area contributed by atoms with Crippen molar-refractivity contribution < 1.29 is 0 Å². The fourth-order valence-corrected chi connectivity index (χ4v) is 5.89. The first-order valence-corrected chi connectivity index (χ1v) is 18.4. The van der Waals surface area contributed by atoms with Crippen molar-refractivity contribution in [2.24, 2.45) is 17.8 Å². The number of hydrogen-bond donors (Lipinski definition) is 0. The van der Waals surface area contributed by atoms with Gasteiger partial charge >= 0.3 is 0 Å². The maximum absolute atomic E-state index is 3.95. The predicted molar refractivity (Wildman–Crippen MR) is 211 cm³/mol. The van der Waals surface area contributed by atoms with Crippen molar-refractivity contribution >= 4 is 0 Å². The van der Waals surface area contributed by atoms with E-state index in [2.05, 4.69) is 93.1 Å². The van der Waals surface area contributed by atoms with E-state index in [1.54, 1.807) is 0 Å².